The molecule has 0 spiro atoms. The number of thiazole rings is 1. The summed E-state index contributed by atoms with van der Waals surface area (Å²) < 4.78 is 1.17. The molecule has 1 unspecified atom stereocenters. The number of fused-ring (bicyclic) bond motifs is 1. The zero-order valence-electron chi connectivity index (χ0n) is 13.5. The van der Waals surface area contributed by atoms with Crippen molar-refractivity contribution in [2.24, 2.45) is 0 Å². The topological polar surface area (TPSA) is 45.2 Å². The number of rotatable bonds is 5. The van der Waals surface area contributed by atoms with Crippen LogP contribution in [0.2, 0.25) is 5.02 Å². The molecule has 0 fully saturated rings. The van der Waals surface area contributed by atoms with Crippen molar-refractivity contribution in [3.8, 4) is 0 Å². The summed E-state index contributed by atoms with van der Waals surface area (Å²) in [6.07, 6.45) is 0. The third-order valence-electron chi connectivity index (χ3n) is 3.88. The predicted molar refractivity (Wildman–Crippen MR) is 101 cm³/mol. The molecule has 1 N–H and O–H groups in total. The fourth-order valence-electron chi connectivity index (χ4n) is 2.32. The largest absolute Gasteiger partial charge is 0.325 e. The van der Waals surface area contributed by atoms with E-state index in [4.69, 9.17) is 11.6 Å². The van der Waals surface area contributed by atoms with Crippen molar-refractivity contribution >= 4 is 44.7 Å². The van der Waals surface area contributed by atoms with Gasteiger partial charge in [0.25, 0.3) is 0 Å². The lowest BCUT2D eigenvalue weighted by atomic mass is 10.2. The van der Waals surface area contributed by atoms with Crippen molar-refractivity contribution in [3.05, 3.63) is 58.6 Å². The number of nitrogens with zero attached hydrogens (tertiary/aromatic N) is 2. The average Bonchev–Trinajstić information content (AvgIpc) is 2.98. The smallest absolute Gasteiger partial charge is 0.241 e. The van der Waals surface area contributed by atoms with Gasteiger partial charge in [-0.15, -0.1) is 11.3 Å². The second kappa shape index (κ2) is 7.30. The number of halogens is 1. The molecule has 124 valence electrons. The van der Waals surface area contributed by atoms with Gasteiger partial charge in [0.05, 0.1) is 22.8 Å². The quantitative estimate of drug-likeness (QED) is 0.734. The van der Waals surface area contributed by atoms with E-state index < -0.39 is 0 Å². The number of anilines is 1. The van der Waals surface area contributed by atoms with Crippen LogP contribution in [-0.2, 0) is 11.3 Å². The van der Waals surface area contributed by atoms with E-state index in [0.29, 0.717) is 11.6 Å². The van der Waals surface area contributed by atoms with Crippen LogP contribution >= 0.6 is 22.9 Å². The van der Waals surface area contributed by atoms with Gasteiger partial charge >= 0.3 is 0 Å². The Kier molecular flexibility index (Phi) is 5.14. The van der Waals surface area contributed by atoms with E-state index in [9.17, 15) is 4.79 Å². The molecule has 6 heteroatoms. The molecule has 0 radical (unpaired) electrons. The number of nitrogens with one attached hydrogen (secondary N) is 1. The highest BCUT2D eigenvalue weighted by Gasteiger charge is 2.19. The summed E-state index contributed by atoms with van der Waals surface area (Å²) in [6, 6.07) is 14.9. The second-order valence-electron chi connectivity index (χ2n) is 5.66. The van der Waals surface area contributed by atoms with E-state index in [0.717, 1.165) is 16.2 Å². The van der Waals surface area contributed by atoms with Crippen LogP contribution in [-0.4, -0.2) is 28.9 Å². The maximum Gasteiger partial charge on any atom is 0.241 e. The molecule has 0 saturated heterocycles. The van der Waals surface area contributed by atoms with Gasteiger partial charge in [-0.1, -0.05) is 23.7 Å². The van der Waals surface area contributed by atoms with Gasteiger partial charge in [-0.05, 0) is 50.4 Å². The number of hydrogen-bond donors (Lipinski definition) is 1. The summed E-state index contributed by atoms with van der Waals surface area (Å²) in [5, 5.41) is 4.56. The van der Waals surface area contributed by atoms with Crippen LogP contribution < -0.4 is 5.32 Å². The summed E-state index contributed by atoms with van der Waals surface area (Å²) in [5.41, 5.74) is 1.74. The molecule has 1 heterocycles. The number of benzene rings is 2. The number of para-hydroxylation sites is 1. The maximum absolute atomic E-state index is 12.4. The molecule has 0 aliphatic carbocycles. The molecule has 1 amide bonds. The zero-order valence-corrected chi connectivity index (χ0v) is 15.1. The summed E-state index contributed by atoms with van der Waals surface area (Å²) in [6.45, 7) is 2.52. The van der Waals surface area contributed by atoms with E-state index in [-0.39, 0.29) is 11.9 Å². The highest BCUT2D eigenvalue weighted by atomic mass is 35.5. The number of hydrogen-bond acceptors (Lipinski definition) is 4. The molecule has 1 aromatic heterocycles. The number of carbonyl (C=O) groups is 1. The van der Waals surface area contributed by atoms with Gasteiger partial charge in [0, 0.05) is 10.7 Å². The van der Waals surface area contributed by atoms with Gasteiger partial charge in [0.2, 0.25) is 5.91 Å². The molecule has 3 aromatic rings. The van der Waals surface area contributed by atoms with Gasteiger partial charge in [0.15, 0.2) is 0 Å². The van der Waals surface area contributed by atoms with Crippen molar-refractivity contribution in [3.63, 3.8) is 0 Å². The first-order valence-electron chi connectivity index (χ1n) is 7.64. The van der Waals surface area contributed by atoms with Crippen molar-refractivity contribution in [1.82, 2.24) is 9.88 Å². The molecule has 2 aromatic carbocycles. The minimum Gasteiger partial charge on any atom is -0.325 e. The highest BCUT2D eigenvalue weighted by molar-refractivity contribution is 7.18. The first-order chi connectivity index (χ1) is 11.5. The molecule has 4 nitrogen and oxygen atoms in total. The van der Waals surface area contributed by atoms with Crippen LogP contribution in [0.1, 0.15) is 11.9 Å². The van der Waals surface area contributed by atoms with E-state index in [1.807, 2.05) is 37.1 Å². The Morgan fingerprint density at radius 2 is 1.96 bits per heavy atom. The Bertz CT molecular complexity index is 814. The van der Waals surface area contributed by atoms with Crippen molar-refractivity contribution < 1.29 is 4.79 Å². The second-order valence-corrected chi connectivity index (χ2v) is 7.21. The van der Waals surface area contributed by atoms with Crippen molar-refractivity contribution in [2.45, 2.75) is 19.5 Å². The maximum atomic E-state index is 12.4. The molecular formula is C18H18ClN3OS. The molecule has 0 aliphatic heterocycles. The van der Waals surface area contributed by atoms with Crippen LogP contribution in [0.4, 0.5) is 5.69 Å². The molecule has 3 rings (SSSR count). The Morgan fingerprint density at radius 3 is 2.67 bits per heavy atom. The van der Waals surface area contributed by atoms with Crippen molar-refractivity contribution in [1.29, 1.82) is 0 Å². The van der Waals surface area contributed by atoms with Crippen LogP contribution in [0.15, 0.2) is 48.5 Å². The minimum atomic E-state index is -0.271. The third-order valence-corrected chi connectivity index (χ3v) is 5.15. The Labute approximate surface area is 150 Å². The zero-order chi connectivity index (χ0) is 17.1. The number of amides is 1. The van der Waals surface area contributed by atoms with Gasteiger partial charge in [-0.3, -0.25) is 9.69 Å². The van der Waals surface area contributed by atoms with Crippen LogP contribution in [0, 0.1) is 0 Å². The van der Waals surface area contributed by atoms with E-state index in [1.165, 1.54) is 4.70 Å². The Morgan fingerprint density at radius 1 is 1.25 bits per heavy atom. The third kappa shape index (κ3) is 3.93. The molecular weight excluding hydrogens is 342 g/mol. The fraction of sp³-hybridized carbons (Fsp3) is 0.222. The minimum absolute atomic E-state index is 0.0547. The molecule has 0 aliphatic rings. The molecule has 24 heavy (non-hydrogen) atoms. The lowest BCUT2D eigenvalue weighted by Crippen LogP contribution is -2.39. The Hall–Kier alpha value is -1.95. The summed E-state index contributed by atoms with van der Waals surface area (Å²) in [4.78, 5) is 19.0. The lowest BCUT2D eigenvalue weighted by molar-refractivity contribution is -0.120. The molecule has 1 atom stereocenters. The number of likely N-dealkylation sites (N-methyl/N-ethyl adjacent to an activating group) is 1. The van der Waals surface area contributed by atoms with Gasteiger partial charge in [-0.2, -0.15) is 0 Å². The monoisotopic (exact) mass is 359 g/mol. The Balaban J connectivity index is 1.63. The SMILES string of the molecule is CC(C(=O)Nc1ccc(Cl)cc1)N(C)Cc1nc2ccccc2s1. The van der Waals surface area contributed by atoms with Crippen LogP contribution in [0.25, 0.3) is 10.2 Å². The molecule has 0 bridgehead atoms. The van der Waals surface area contributed by atoms with Gasteiger partial charge in [0.1, 0.15) is 5.01 Å². The highest BCUT2D eigenvalue weighted by Crippen LogP contribution is 2.23. The van der Waals surface area contributed by atoms with Gasteiger partial charge in [-0.25, -0.2) is 4.98 Å². The normalized spacial score (nSPS) is 12.5. The summed E-state index contributed by atoms with van der Waals surface area (Å²) in [5.74, 6) is -0.0547. The van der Waals surface area contributed by atoms with Crippen molar-refractivity contribution in [2.75, 3.05) is 12.4 Å². The lowest BCUT2D eigenvalue weighted by Gasteiger charge is -2.22. The number of carbonyl (C=O) groups excluding carboxylic acids is 1. The van der Waals surface area contributed by atoms with E-state index in [1.54, 1.807) is 35.6 Å². The number of aromatic nitrogens is 1. The average molecular weight is 360 g/mol. The van der Waals surface area contributed by atoms with E-state index in [2.05, 4.69) is 16.4 Å². The first-order valence-corrected chi connectivity index (χ1v) is 8.83. The standard InChI is InChI=1S/C18H18ClN3OS/c1-12(18(23)20-14-9-7-13(19)8-10-14)22(2)11-17-21-15-5-3-4-6-16(15)24-17/h3-10,12H,11H2,1-2H3,(H,20,23). The molecule has 0 saturated carbocycles. The predicted octanol–water partition coefficient (Wildman–Crippen LogP) is 4.41. The van der Waals surface area contributed by atoms with Crippen LogP contribution in [0.5, 0.6) is 0 Å². The van der Waals surface area contributed by atoms with E-state index >= 15 is 0 Å². The van der Waals surface area contributed by atoms with Crippen LogP contribution in [0.3, 0.4) is 0 Å². The summed E-state index contributed by atoms with van der Waals surface area (Å²) in [7, 11) is 1.93. The fourth-order valence-corrected chi connectivity index (χ4v) is 3.47. The summed E-state index contributed by atoms with van der Waals surface area (Å²) >= 11 is 7.52. The van der Waals surface area contributed by atoms with Gasteiger partial charge < -0.3 is 5.32 Å². The first kappa shape index (κ1) is 16.9.